The van der Waals surface area contributed by atoms with E-state index in [0.29, 0.717) is 16.8 Å². The van der Waals surface area contributed by atoms with E-state index in [9.17, 15) is 0 Å². The van der Waals surface area contributed by atoms with Crippen LogP contribution in [-0.2, 0) is 6.61 Å². The molecule has 1 aromatic heterocycles. The van der Waals surface area contributed by atoms with Crippen LogP contribution in [0.2, 0.25) is 0 Å². The van der Waals surface area contributed by atoms with E-state index in [2.05, 4.69) is 26.0 Å². The molecule has 1 aromatic carbocycles. The van der Waals surface area contributed by atoms with E-state index in [1.807, 2.05) is 30.3 Å². The summed E-state index contributed by atoms with van der Waals surface area (Å²) in [5.74, 6) is 0.285. The van der Waals surface area contributed by atoms with Gasteiger partial charge in [-0.1, -0.05) is 30.3 Å². The quantitative estimate of drug-likeness (QED) is 0.845. The van der Waals surface area contributed by atoms with Gasteiger partial charge in [0.1, 0.15) is 18.0 Å². The molecule has 0 aliphatic rings. The Labute approximate surface area is 113 Å². The van der Waals surface area contributed by atoms with E-state index in [0.717, 1.165) is 5.56 Å². The maximum Gasteiger partial charge on any atom is 0.239 e. The summed E-state index contributed by atoms with van der Waals surface area (Å²) in [6, 6.07) is 9.70. The highest BCUT2D eigenvalue weighted by atomic mass is 79.9. The van der Waals surface area contributed by atoms with Gasteiger partial charge in [-0.2, -0.15) is 5.11 Å². The van der Waals surface area contributed by atoms with E-state index < -0.39 is 0 Å². The van der Waals surface area contributed by atoms with Gasteiger partial charge in [0, 0.05) is 6.20 Å². The van der Waals surface area contributed by atoms with Crippen LogP contribution in [0, 0.1) is 5.53 Å². The van der Waals surface area contributed by atoms with Gasteiger partial charge in [-0.15, -0.1) is 0 Å². The fourth-order valence-electron chi connectivity index (χ4n) is 1.43. The normalized spacial score (nSPS) is 10.1. The summed E-state index contributed by atoms with van der Waals surface area (Å²) in [6.45, 7) is 0.372. The number of aromatic nitrogens is 1. The molecule has 0 bridgehead atoms. The average Bonchev–Trinajstić information content (AvgIpc) is 2.40. The number of hydrogen-bond acceptors (Lipinski definition) is 5. The molecule has 92 valence electrons. The van der Waals surface area contributed by atoms with Gasteiger partial charge < -0.3 is 10.5 Å². The summed E-state index contributed by atoms with van der Waals surface area (Å²) in [7, 11) is 0. The van der Waals surface area contributed by atoms with Gasteiger partial charge in [0.2, 0.25) is 5.88 Å². The van der Waals surface area contributed by atoms with E-state index in [4.69, 9.17) is 16.0 Å². The number of nitrogens with zero attached hydrogens (tertiary/aromatic N) is 2. The Morgan fingerprint density at radius 1 is 1.33 bits per heavy atom. The molecule has 2 aromatic rings. The van der Waals surface area contributed by atoms with E-state index in [-0.39, 0.29) is 11.6 Å². The molecule has 2 rings (SSSR count). The van der Waals surface area contributed by atoms with Crippen molar-refractivity contribution in [2.24, 2.45) is 5.11 Å². The van der Waals surface area contributed by atoms with Crippen molar-refractivity contribution in [2.45, 2.75) is 6.61 Å². The number of pyridine rings is 1. The van der Waals surface area contributed by atoms with Gasteiger partial charge in [-0.3, -0.25) is 0 Å². The number of anilines is 1. The summed E-state index contributed by atoms with van der Waals surface area (Å²) in [4.78, 5) is 4.06. The number of ether oxygens (including phenoxy) is 1. The highest BCUT2D eigenvalue weighted by Crippen LogP contribution is 2.36. The molecule has 6 heteroatoms. The lowest BCUT2D eigenvalue weighted by Crippen LogP contribution is -2.01. The van der Waals surface area contributed by atoms with Crippen LogP contribution in [0.15, 0.2) is 46.1 Å². The molecule has 0 amide bonds. The SMILES string of the molecule is N=Nc1c(Br)cnc(OCc2ccccc2)c1N. The van der Waals surface area contributed by atoms with Crippen molar-refractivity contribution < 1.29 is 4.74 Å². The summed E-state index contributed by atoms with van der Waals surface area (Å²) < 4.78 is 6.09. The van der Waals surface area contributed by atoms with Gasteiger partial charge in [0.05, 0.1) is 4.47 Å². The fourth-order valence-corrected chi connectivity index (χ4v) is 1.84. The first-order valence-corrected chi connectivity index (χ1v) is 6.00. The molecule has 0 saturated heterocycles. The van der Waals surface area contributed by atoms with Crippen LogP contribution in [0.25, 0.3) is 0 Å². The zero-order chi connectivity index (χ0) is 13.0. The fraction of sp³-hybridized carbons (Fsp3) is 0.0833. The van der Waals surface area contributed by atoms with Crippen molar-refractivity contribution in [3.8, 4) is 5.88 Å². The van der Waals surface area contributed by atoms with Crippen LogP contribution in [0.1, 0.15) is 5.56 Å². The second-order valence-corrected chi connectivity index (χ2v) is 4.41. The number of halogens is 1. The lowest BCUT2D eigenvalue weighted by atomic mass is 10.2. The maximum absolute atomic E-state index is 7.05. The van der Waals surface area contributed by atoms with Crippen LogP contribution < -0.4 is 10.5 Å². The highest BCUT2D eigenvalue weighted by Gasteiger charge is 2.11. The van der Waals surface area contributed by atoms with Crippen molar-refractivity contribution in [1.29, 1.82) is 5.53 Å². The Morgan fingerprint density at radius 3 is 2.72 bits per heavy atom. The van der Waals surface area contributed by atoms with Gasteiger partial charge in [-0.25, -0.2) is 10.5 Å². The molecular weight excluding hydrogens is 296 g/mol. The standard InChI is InChI=1S/C12H11BrN4O/c13-9-6-16-12(10(14)11(9)17-15)18-7-8-4-2-1-3-5-8/h1-6,15H,7,14H2. The van der Waals surface area contributed by atoms with Crippen molar-refractivity contribution in [2.75, 3.05) is 5.73 Å². The number of nitrogens with one attached hydrogen (secondary N) is 1. The average molecular weight is 307 g/mol. The zero-order valence-corrected chi connectivity index (χ0v) is 11.0. The molecule has 0 unspecified atom stereocenters. The first kappa shape index (κ1) is 12.5. The molecule has 0 radical (unpaired) electrons. The molecule has 3 N–H and O–H groups in total. The van der Waals surface area contributed by atoms with Gasteiger partial charge in [-0.05, 0) is 21.5 Å². The summed E-state index contributed by atoms with van der Waals surface area (Å²) in [5, 5.41) is 3.34. The second kappa shape index (κ2) is 5.59. The molecule has 0 spiro atoms. The number of nitrogen functional groups attached to an aromatic ring is 1. The molecule has 18 heavy (non-hydrogen) atoms. The Balaban J connectivity index is 2.18. The monoisotopic (exact) mass is 306 g/mol. The van der Waals surface area contributed by atoms with Gasteiger partial charge >= 0.3 is 0 Å². The first-order chi connectivity index (χ1) is 8.72. The largest absolute Gasteiger partial charge is 0.471 e. The Hall–Kier alpha value is -1.95. The lowest BCUT2D eigenvalue weighted by Gasteiger charge is -2.09. The Bertz CT molecular complexity index is 560. The smallest absolute Gasteiger partial charge is 0.239 e. The Kier molecular flexibility index (Phi) is 3.88. The second-order valence-electron chi connectivity index (χ2n) is 3.56. The van der Waals surface area contributed by atoms with Crippen LogP contribution >= 0.6 is 15.9 Å². The third kappa shape index (κ3) is 2.65. The minimum atomic E-state index is 0.260. The third-order valence-electron chi connectivity index (χ3n) is 2.34. The van der Waals surface area contributed by atoms with Crippen LogP contribution in [0.4, 0.5) is 11.4 Å². The predicted octanol–water partition coefficient (Wildman–Crippen LogP) is 3.67. The van der Waals surface area contributed by atoms with Crippen molar-refractivity contribution in [3.63, 3.8) is 0 Å². The molecule has 5 nitrogen and oxygen atoms in total. The van der Waals surface area contributed by atoms with E-state index >= 15 is 0 Å². The van der Waals surface area contributed by atoms with Crippen LogP contribution in [0.5, 0.6) is 5.88 Å². The van der Waals surface area contributed by atoms with Gasteiger partial charge in [0.25, 0.3) is 0 Å². The van der Waals surface area contributed by atoms with Crippen molar-refractivity contribution >= 4 is 27.3 Å². The number of hydrogen-bond donors (Lipinski definition) is 2. The number of nitrogens with two attached hydrogens (primary N) is 1. The van der Waals surface area contributed by atoms with Crippen LogP contribution in [-0.4, -0.2) is 4.98 Å². The molecule has 0 fully saturated rings. The molecule has 0 saturated carbocycles. The number of benzene rings is 1. The molecule has 0 aliphatic carbocycles. The molecular formula is C12H11BrN4O. The summed E-state index contributed by atoms with van der Waals surface area (Å²) in [6.07, 6.45) is 1.52. The minimum Gasteiger partial charge on any atom is -0.471 e. The minimum absolute atomic E-state index is 0.260. The Morgan fingerprint density at radius 2 is 2.06 bits per heavy atom. The van der Waals surface area contributed by atoms with Crippen LogP contribution in [0.3, 0.4) is 0 Å². The highest BCUT2D eigenvalue weighted by molar-refractivity contribution is 9.10. The van der Waals surface area contributed by atoms with Crippen molar-refractivity contribution in [3.05, 3.63) is 46.6 Å². The topological polar surface area (TPSA) is 84.3 Å². The van der Waals surface area contributed by atoms with E-state index in [1.165, 1.54) is 6.20 Å². The maximum atomic E-state index is 7.05. The number of rotatable bonds is 4. The molecule has 0 atom stereocenters. The predicted molar refractivity (Wildman–Crippen MR) is 71.9 cm³/mol. The van der Waals surface area contributed by atoms with Gasteiger partial charge in [0.15, 0.2) is 0 Å². The lowest BCUT2D eigenvalue weighted by molar-refractivity contribution is 0.296. The van der Waals surface area contributed by atoms with E-state index in [1.54, 1.807) is 0 Å². The zero-order valence-electron chi connectivity index (χ0n) is 9.43. The third-order valence-corrected chi connectivity index (χ3v) is 2.92. The van der Waals surface area contributed by atoms with Crippen molar-refractivity contribution in [1.82, 2.24) is 4.98 Å². The first-order valence-electron chi connectivity index (χ1n) is 5.20. The summed E-state index contributed by atoms with van der Waals surface area (Å²) >= 11 is 3.23. The molecule has 0 aliphatic heterocycles. The molecule has 1 heterocycles. The summed E-state index contributed by atoms with van der Waals surface area (Å²) in [5.41, 5.74) is 14.5.